The van der Waals surface area contributed by atoms with Gasteiger partial charge in [0.05, 0.1) is 22.3 Å². The maximum Gasteiger partial charge on any atom is 0.416 e. The molecule has 0 radical (unpaired) electrons. The molecule has 0 bridgehead atoms. The van der Waals surface area contributed by atoms with Crippen LogP contribution < -0.4 is 10.0 Å². The summed E-state index contributed by atoms with van der Waals surface area (Å²) in [5, 5.41) is 2.64. The summed E-state index contributed by atoms with van der Waals surface area (Å²) < 4.78 is 70.9. The SMILES string of the molecule is O=C1Nc2ccc(S(=O)(=O)Nc3ccc(C(F)(F)F)cc3)cc2C1=Cc1ccco1. The lowest BCUT2D eigenvalue weighted by molar-refractivity contribution is -0.137. The minimum atomic E-state index is -4.52. The van der Waals surface area contributed by atoms with E-state index in [1.807, 2.05) is 0 Å². The molecule has 2 aromatic carbocycles. The number of hydrogen-bond donors (Lipinski definition) is 2. The zero-order valence-electron chi connectivity index (χ0n) is 15.0. The van der Waals surface area contributed by atoms with Gasteiger partial charge in [0.15, 0.2) is 0 Å². The van der Waals surface area contributed by atoms with Gasteiger partial charge in [0.1, 0.15) is 5.76 Å². The van der Waals surface area contributed by atoms with Gasteiger partial charge in [-0.2, -0.15) is 13.2 Å². The van der Waals surface area contributed by atoms with Crippen LogP contribution in [0.2, 0.25) is 0 Å². The highest BCUT2D eigenvalue weighted by Gasteiger charge is 2.30. The van der Waals surface area contributed by atoms with E-state index in [9.17, 15) is 26.4 Å². The summed E-state index contributed by atoms with van der Waals surface area (Å²) in [5.41, 5.74) is 0.119. The van der Waals surface area contributed by atoms with Crippen LogP contribution in [-0.4, -0.2) is 14.3 Å². The number of carbonyl (C=O) groups excluding carboxylic acids is 1. The Morgan fingerprint density at radius 2 is 1.77 bits per heavy atom. The lowest BCUT2D eigenvalue weighted by atomic mass is 10.1. The van der Waals surface area contributed by atoms with Gasteiger partial charge >= 0.3 is 6.18 Å². The summed E-state index contributed by atoms with van der Waals surface area (Å²) in [4.78, 5) is 12.1. The van der Waals surface area contributed by atoms with Crippen molar-refractivity contribution in [1.82, 2.24) is 0 Å². The van der Waals surface area contributed by atoms with E-state index < -0.39 is 27.7 Å². The molecule has 0 fully saturated rings. The van der Waals surface area contributed by atoms with Crippen LogP contribution in [0.1, 0.15) is 16.9 Å². The average molecular weight is 434 g/mol. The highest BCUT2D eigenvalue weighted by molar-refractivity contribution is 7.92. The number of amides is 1. The van der Waals surface area contributed by atoms with Gasteiger partial charge in [-0.3, -0.25) is 9.52 Å². The number of carbonyl (C=O) groups is 1. The second kappa shape index (κ2) is 7.06. The zero-order chi connectivity index (χ0) is 21.5. The quantitative estimate of drug-likeness (QED) is 0.588. The lowest BCUT2D eigenvalue weighted by Crippen LogP contribution is -2.13. The number of sulfonamides is 1. The van der Waals surface area contributed by atoms with E-state index >= 15 is 0 Å². The van der Waals surface area contributed by atoms with Crippen molar-refractivity contribution in [2.75, 3.05) is 10.0 Å². The Bertz CT molecular complexity index is 1250. The Hall–Kier alpha value is -3.53. The Balaban J connectivity index is 1.65. The van der Waals surface area contributed by atoms with Crippen molar-refractivity contribution in [2.45, 2.75) is 11.1 Å². The first-order chi connectivity index (χ1) is 14.1. The van der Waals surface area contributed by atoms with Crippen molar-refractivity contribution in [3.05, 3.63) is 77.7 Å². The summed E-state index contributed by atoms with van der Waals surface area (Å²) >= 11 is 0. The van der Waals surface area contributed by atoms with Crippen molar-refractivity contribution in [1.29, 1.82) is 0 Å². The molecule has 1 aromatic heterocycles. The Labute approximate surface area is 169 Å². The van der Waals surface area contributed by atoms with Crippen LogP contribution in [0.5, 0.6) is 0 Å². The van der Waals surface area contributed by atoms with Crippen LogP contribution in [-0.2, 0) is 21.0 Å². The third-order valence-electron chi connectivity index (χ3n) is 4.38. The largest absolute Gasteiger partial charge is 0.465 e. The Kier molecular flexibility index (Phi) is 4.65. The molecule has 1 amide bonds. The summed E-state index contributed by atoms with van der Waals surface area (Å²) in [6, 6.07) is 11.0. The van der Waals surface area contributed by atoms with E-state index in [4.69, 9.17) is 4.42 Å². The van der Waals surface area contributed by atoms with Crippen molar-refractivity contribution < 1.29 is 30.8 Å². The van der Waals surface area contributed by atoms with Crippen molar-refractivity contribution in [2.24, 2.45) is 0 Å². The molecule has 6 nitrogen and oxygen atoms in total. The Morgan fingerprint density at radius 3 is 2.40 bits per heavy atom. The van der Waals surface area contributed by atoms with E-state index in [2.05, 4.69) is 10.0 Å². The number of fused-ring (bicyclic) bond motifs is 1. The third-order valence-corrected chi connectivity index (χ3v) is 5.76. The van der Waals surface area contributed by atoms with E-state index in [0.717, 1.165) is 24.3 Å². The summed E-state index contributed by atoms with van der Waals surface area (Å²) in [5.74, 6) is 0.00999. The van der Waals surface area contributed by atoms with Gasteiger partial charge in [-0.15, -0.1) is 0 Å². The van der Waals surface area contributed by atoms with Gasteiger partial charge < -0.3 is 9.73 Å². The normalized spacial score (nSPS) is 15.2. The van der Waals surface area contributed by atoms with Crippen LogP contribution in [0, 0.1) is 0 Å². The van der Waals surface area contributed by atoms with E-state index in [0.29, 0.717) is 17.0 Å². The van der Waals surface area contributed by atoms with Gasteiger partial charge in [0, 0.05) is 16.9 Å². The van der Waals surface area contributed by atoms with Gasteiger partial charge in [0.2, 0.25) is 0 Å². The molecule has 2 N–H and O–H groups in total. The molecule has 10 heteroatoms. The summed E-state index contributed by atoms with van der Waals surface area (Å²) in [6.07, 6.45) is -1.59. The standard InChI is InChI=1S/C20H13F3N2O4S/c21-20(22,23)12-3-5-13(6-4-12)25-30(27,28)15-7-8-18-16(11-15)17(19(26)24-18)10-14-2-1-9-29-14/h1-11,25H,(H,24,26). The highest BCUT2D eigenvalue weighted by atomic mass is 32.2. The molecular weight excluding hydrogens is 421 g/mol. The first-order valence-electron chi connectivity index (χ1n) is 8.54. The predicted octanol–water partition coefficient (Wildman–Crippen LogP) is 4.59. The highest BCUT2D eigenvalue weighted by Crippen LogP contribution is 2.35. The van der Waals surface area contributed by atoms with E-state index in [1.165, 1.54) is 30.5 Å². The van der Waals surface area contributed by atoms with Crippen LogP contribution in [0.25, 0.3) is 11.6 Å². The number of rotatable bonds is 4. The van der Waals surface area contributed by atoms with E-state index in [-0.39, 0.29) is 16.2 Å². The molecule has 0 unspecified atom stereocenters. The first-order valence-corrected chi connectivity index (χ1v) is 10.0. The van der Waals surface area contributed by atoms with Gasteiger partial charge in [-0.1, -0.05) is 0 Å². The van der Waals surface area contributed by atoms with Crippen LogP contribution in [0.4, 0.5) is 24.5 Å². The first kappa shape index (κ1) is 19.8. The van der Waals surface area contributed by atoms with Gasteiger partial charge in [0.25, 0.3) is 15.9 Å². The molecule has 0 saturated carbocycles. The van der Waals surface area contributed by atoms with E-state index in [1.54, 1.807) is 12.1 Å². The number of anilines is 2. The number of halogens is 3. The molecule has 154 valence electrons. The molecule has 0 aliphatic carbocycles. The Morgan fingerprint density at radius 1 is 1.03 bits per heavy atom. The fraction of sp³-hybridized carbons (Fsp3) is 0.0500. The third kappa shape index (κ3) is 3.81. The van der Waals surface area contributed by atoms with Crippen molar-refractivity contribution >= 4 is 39.0 Å². The topological polar surface area (TPSA) is 88.4 Å². The smallest absolute Gasteiger partial charge is 0.416 e. The number of benzene rings is 2. The lowest BCUT2D eigenvalue weighted by Gasteiger charge is -2.11. The molecule has 3 aromatic rings. The monoisotopic (exact) mass is 434 g/mol. The van der Waals surface area contributed by atoms with Crippen molar-refractivity contribution in [3.8, 4) is 0 Å². The zero-order valence-corrected chi connectivity index (χ0v) is 15.8. The average Bonchev–Trinajstić information content (AvgIpc) is 3.29. The molecule has 1 aliphatic rings. The van der Waals surface area contributed by atoms with Gasteiger partial charge in [-0.25, -0.2) is 8.42 Å². The fourth-order valence-electron chi connectivity index (χ4n) is 2.93. The fourth-order valence-corrected chi connectivity index (χ4v) is 4.02. The molecule has 2 heterocycles. The molecule has 30 heavy (non-hydrogen) atoms. The minimum absolute atomic E-state index is 0.0240. The molecular formula is C20H13F3N2O4S. The maximum absolute atomic E-state index is 12.7. The second-order valence-corrected chi connectivity index (χ2v) is 8.10. The molecule has 0 spiro atoms. The number of alkyl halides is 3. The van der Waals surface area contributed by atoms with Gasteiger partial charge in [-0.05, 0) is 60.7 Å². The van der Waals surface area contributed by atoms with Crippen molar-refractivity contribution in [3.63, 3.8) is 0 Å². The second-order valence-electron chi connectivity index (χ2n) is 6.42. The minimum Gasteiger partial charge on any atom is -0.465 e. The maximum atomic E-state index is 12.7. The number of nitrogens with one attached hydrogen (secondary N) is 2. The molecule has 0 atom stereocenters. The number of hydrogen-bond acceptors (Lipinski definition) is 4. The van der Waals surface area contributed by atoms with Crippen LogP contribution in [0.15, 0.2) is 70.2 Å². The molecule has 4 rings (SSSR count). The van der Waals surface area contributed by atoms with Crippen LogP contribution >= 0.6 is 0 Å². The summed E-state index contributed by atoms with van der Waals surface area (Å²) in [6.45, 7) is 0. The van der Waals surface area contributed by atoms with Crippen LogP contribution in [0.3, 0.4) is 0 Å². The summed E-state index contributed by atoms with van der Waals surface area (Å²) in [7, 11) is -4.11. The number of furan rings is 1. The predicted molar refractivity (Wildman–Crippen MR) is 104 cm³/mol. The molecule has 1 aliphatic heterocycles. The molecule has 0 saturated heterocycles.